The van der Waals surface area contributed by atoms with Crippen LogP contribution >= 0.6 is 0 Å². The van der Waals surface area contributed by atoms with Crippen molar-refractivity contribution in [3.05, 3.63) is 23.8 Å². The number of ether oxygens (including phenoxy) is 1. The van der Waals surface area contributed by atoms with Crippen LogP contribution in [0.3, 0.4) is 0 Å². The summed E-state index contributed by atoms with van der Waals surface area (Å²) in [6, 6.07) is 5.49. The van der Waals surface area contributed by atoms with Crippen molar-refractivity contribution in [3.63, 3.8) is 0 Å². The molecular formula is C12H17NO2. The molecule has 0 aliphatic rings. The summed E-state index contributed by atoms with van der Waals surface area (Å²) in [5.41, 5.74) is 1.65. The topological polar surface area (TPSA) is 29.5 Å². The Balaban J connectivity index is 3.15. The fourth-order valence-corrected chi connectivity index (χ4v) is 1.59. The van der Waals surface area contributed by atoms with Gasteiger partial charge in [0.15, 0.2) is 6.29 Å². The van der Waals surface area contributed by atoms with Crippen LogP contribution in [-0.4, -0.2) is 26.5 Å². The molecule has 1 aromatic carbocycles. The van der Waals surface area contributed by atoms with E-state index in [0.717, 1.165) is 30.8 Å². The molecule has 0 bridgehead atoms. The van der Waals surface area contributed by atoms with Gasteiger partial charge in [-0.3, -0.25) is 4.79 Å². The van der Waals surface area contributed by atoms with Crippen LogP contribution in [0, 0.1) is 0 Å². The predicted molar refractivity (Wildman–Crippen MR) is 61.9 cm³/mol. The molecule has 0 aromatic heterocycles. The van der Waals surface area contributed by atoms with Crippen molar-refractivity contribution in [1.29, 1.82) is 0 Å². The molecule has 0 aliphatic heterocycles. The highest BCUT2D eigenvalue weighted by Gasteiger charge is 2.08. The van der Waals surface area contributed by atoms with Crippen molar-refractivity contribution in [2.24, 2.45) is 0 Å². The molecule has 3 nitrogen and oxygen atoms in total. The van der Waals surface area contributed by atoms with Crippen molar-refractivity contribution in [2.45, 2.75) is 13.8 Å². The predicted octanol–water partition coefficient (Wildman–Crippen LogP) is 2.35. The van der Waals surface area contributed by atoms with Crippen molar-refractivity contribution in [3.8, 4) is 5.75 Å². The van der Waals surface area contributed by atoms with Gasteiger partial charge in [0, 0.05) is 24.7 Å². The summed E-state index contributed by atoms with van der Waals surface area (Å²) in [5.74, 6) is 0.780. The van der Waals surface area contributed by atoms with E-state index < -0.39 is 0 Å². The molecule has 0 atom stereocenters. The van der Waals surface area contributed by atoms with Crippen molar-refractivity contribution >= 4 is 12.0 Å². The van der Waals surface area contributed by atoms with Crippen LogP contribution in [0.15, 0.2) is 18.2 Å². The van der Waals surface area contributed by atoms with Gasteiger partial charge in [-0.1, -0.05) is 0 Å². The van der Waals surface area contributed by atoms with E-state index >= 15 is 0 Å². The minimum atomic E-state index is 0.708. The summed E-state index contributed by atoms with van der Waals surface area (Å²) in [5, 5.41) is 0. The Bertz CT molecular complexity index is 332. The third kappa shape index (κ3) is 2.49. The number of nitrogens with zero attached hydrogens (tertiary/aromatic N) is 1. The normalized spacial score (nSPS) is 9.80. The molecule has 0 N–H and O–H groups in total. The molecule has 0 fully saturated rings. The van der Waals surface area contributed by atoms with Gasteiger partial charge >= 0.3 is 0 Å². The largest absolute Gasteiger partial charge is 0.497 e. The lowest BCUT2D eigenvalue weighted by Gasteiger charge is -2.23. The number of carbonyl (C=O) groups is 1. The third-order valence-electron chi connectivity index (χ3n) is 2.47. The molecule has 0 saturated heterocycles. The van der Waals surface area contributed by atoms with Crippen LogP contribution in [0.5, 0.6) is 5.75 Å². The first-order valence-electron chi connectivity index (χ1n) is 5.15. The van der Waals surface area contributed by atoms with Crippen LogP contribution in [-0.2, 0) is 0 Å². The van der Waals surface area contributed by atoms with Crippen molar-refractivity contribution in [1.82, 2.24) is 0 Å². The molecule has 82 valence electrons. The minimum Gasteiger partial charge on any atom is -0.497 e. The highest BCUT2D eigenvalue weighted by atomic mass is 16.5. The van der Waals surface area contributed by atoms with Gasteiger partial charge in [0.2, 0.25) is 0 Å². The number of carbonyl (C=O) groups excluding carboxylic acids is 1. The number of hydrogen-bond acceptors (Lipinski definition) is 3. The number of aldehydes is 1. The van der Waals surface area contributed by atoms with Gasteiger partial charge < -0.3 is 9.64 Å². The zero-order valence-electron chi connectivity index (χ0n) is 9.49. The molecule has 0 unspecified atom stereocenters. The second kappa shape index (κ2) is 5.39. The standard InChI is InChI=1S/C12H17NO2/c1-4-13(5-2)12-8-11(15-3)7-6-10(12)9-14/h6-9H,4-5H2,1-3H3. The van der Waals surface area contributed by atoms with E-state index in [1.807, 2.05) is 6.07 Å². The van der Waals surface area contributed by atoms with Gasteiger partial charge in [-0.2, -0.15) is 0 Å². The Morgan fingerprint density at radius 1 is 1.33 bits per heavy atom. The van der Waals surface area contributed by atoms with Crippen LogP contribution in [0.25, 0.3) is 0 Å². The smallest absolute Gasteiger partial charge is 0.152 e. The monoisotopic (exact) mass is 207 g/mol. The number of methoxy groups -OCH3 is 1. The van der Waals surface area contributed by atoms with Gasteiger partial charge in [0.05, 0.1) is 12.8 Å². The van der Waals surface area contributed by atoms with E-state index in [1.165, 1.54) is 0 Å². The number of benzene rings is 1. The number of anilines is 1. The summed E-state index contributed by atoms with van der Waals surface area (Å²) >= 11 is 0. The maximum Gasteiger partial charge on any atom is 0.152 e. The van der Waals surface area contributed by atoms with E-state index in [9.17, 15) is 4.79 Å². The second-order valence-corrected chi connectivity index (χ2v) is 3.21. The fraction of sp³-hybridized carbons (Fsp3) is 0.417. The lowest BCUT2D eigenvalue weighted by molar-refractivity contribution is 0.112. The molecule has 0 heterocycles. The average molecular weight is 207 g/mol. The highest BCUT2D eigenvalue weighted by molar-refractivity contribution is 5.85. The third-order valence-corrected chi connectivity index (χ3v) is 2.47. The van der Waals surface area contributed by atoms with Crippen LogP contribution in [0.4, 0.5) is 5.69 Å². The lowest BCUT2D eigenvalue weighted by atomic mass is 10.1. The Morgan fingerprint density at radius 3 is 2.47 bits per heavy atom. The Morgan fingerprint density at radius 2 is 2.00 bits per heavy atom. The van der Waals surface area contributed by atoms with Crippen LogP contribution in [0.1, 0.15) is 24.2 Å². The molecule has 0 saturated carbocycles. The molecule has 0 amide bonds. The number of rotatable bonds is 5. The Hall–Kier alpha value is -1.51. The molecular weight excluding hydrogens is 190 g/mol. The van der Waals surface area contributed by atoms with E-state index in [2.05, 4.69) is 18.7 Å². The fourth-order valence-electron chi connectivity index (χ4n) is 1.59. The van der Waals surface area contributed by atoms with E-state index in [4.69, 9.17) is 4.74 Å². The minimum absolute atomic E-state index is 0.708. The molecule has 3 heteroatoms. The van der Waals surface area contributed by atoms with Crippen molar-refractivity contribution < 1.29 is 9.53 Å². The molecule has 1 aromatic rings. The summed E-state index contributed by atoms with van der Waals surface area (Å²) in [4.78, 5) is 13.0. The van der Waals surface area contributed by atoms with Gasteiger partial charge in [-0.15, -0.1) is 0 Å². The van der Waals surface area contributed by atoms with Gasteiger partial charge in [0.1, 0.15) is 5.75 Å². The second-order valence-electron chi connectivity index (χ2n) is 3.21. The van der Waals surface area contributed by atoms with E-state index in [0.29, 0.717) is 5.56 Å². The molecule has 1 rings (SSSR count). The van der Waals surface area contributed by atoms with E-state index in [1.54, 1.807) is 19.2 Å². The van der Waals surface area contributed by atoms with E-state index in [-0.39, 0.29) is 0 Å². The van der Waals surface area contributed by atoms with Gasteiger partial charge in [-0.25, -0.2) is 0 Å². The summed E-state index contributed by atoms with van der Waals surface area (Å²) < 4.78 is 5.15. The first-order chi connectivity index (χ1) is 7.26. The maximum atomic E-state index is 10.9. The SMILES string of the molecule is CCN(CC)c1cc(OC)ccc1C=O. The van der Waals surface area contributed by atoms with Gasteiger partial charge in [-0.05, 0) is 26.0 Å². The first-order valence-corrected chi connectivity index (χ1v) is 5.15. The Kier molecular flexibility index (Phi) is 4.16. The Labute approximate surface area is 90.7 Å². The quantitative estimate of drug-likeness (QED) is 0.694. The maximum absolute atomic E-state index is 10.9. The molecule has 0 radical (unpaired) electrons. The lowest BCUT2D eigenvalue weighted by Crippen LogP contribution is -2.23. The number of hydrogen-bond donors (Lipinski definition) is 0. The van der Waals surface area contributed by atoms with Gasteiger partial charge in [0.25, 0.3) is 0 Å². The molecule has 0 aliphatic carbocycles. The zero-order valence-corrected chi connectivity index (χ0v) is 9.49. The summed E-state index contributed by atoms with van der Waals surface area (Å²) in [6.07, 6.45) is 0.882. The van der Waals surface area contributed by atoms with Crippen molar-refractivity contribution in [2.75, 3.05) is 25.1 Å². The van der Waals surface area contributed by atoms with Crippen LogP contribution < -0.4 is 9.64 Å². The molecule has 15 heavy (non-hydrogen) atoms. The zero-order chi connectivity index (χ0) is 11.3. The average Bonchev–Trinajstić information content (AvgIpc) is 2.30. The highest BCUT2D eigenvalue weighted by Crippen LogP contribution is 2.24. The first kappa shape index (κ1) is 11.6. The summed E-state index contributed by atoms with van der Waals surface area (Å²) in [6.45, 7) is 5.89. The summed E-state index contributed by atoms with van der Waals surface area (Å²) in [7, 11) is 1.63. The molecule has 0 spiro atoms. The van der Waals surface area contributed by atoms with Crippen LogP contribution in [0.2, 0.25) is 0 Å².